The number of carbonyl (C=O) groups is 3. The van der Waals surface area contributed by atoms with Crippen LogP contribution in [0.2, 0.25) is 0 Å². The van der Waals surface area contributed by atoms with E-state index in [1.165, 1.54) is 4.90 Å². The van der Waals surface area contributed by atoms with Gasteiger partial charge < -0.3 is 14.7 Å². The maximum Gasteiger partial charge on any atom is 0.411 e. The van der Waals surface area contributed by atoms with Gasteiger partial charge in [-0.2, -0.15) is 0 Å². The molecule has 3 aromatic rings. The van der Waals surface area contributed by atoms with Crippen LogP contribution in [0.1, 0.15) is 39.4 Å². The Labute approximate surface area is 198 Å². The summed E-state index contributed by atoms with van der Waals surface area (Å²) in [4.78, 5) is 37.2. The van der Waals surface area contributed by atoms with Crippen LogP contribution in [-0.4, -0.2) is 48.2 Å². The molecule has 0 unspecified atom stereocenters. The average Bonchev–Trinajstić information content (AvgIpc) is 3.15. The highest BCUT2D eigenvalue weighted by Gasteiger charge is 2.29. The van der Waals surface area contributed by atoms with Crippen molar-refractivity contribution in [1.82, 2.24) is 4.90 Å². The number of aryl methyl sites for hydroxylation is 1. The Morgan fingerprint density at radius 3 is 2.18 bits per heavy atom. The van der Waals surface area contributed by atoms with Gasteiger partial charge in [0.1, 0.15) is 6.61 Å². The van der Waals surface area contributed by atoms with Crippen LogP contribution in [0.4, 0.5) is 10.5 Å². The molecule has 2 amide bonds. The molecule has 7 nitrogen and oxygen atoms in total. The minimum Gasteiger partial charge on any atom is -0.481 e. The van der Waals surface area contributed by atoms with Crippen molar-refractivity contribution < 1.29 is 24.2 Å². The summed E-state index contributed by atoms with van der Waals surface area (Å²) < 4.78 is 5.59. The minimum atomic E-state index is -0.960. The van der Waals surface area contributed by atoms with Gasteiger partial charge in [-0.25, -0.2) is 4.79 Å². The van der Waals surface area contributed by atoms with Crippen LogP contribution in [0.5, 0.6) is 0 Å². The van der Waals surface area contributed by atoms with Crippen LogP contribution in [0.15, 0.2) is 66.7 Å². The monoisotopic (exact) mass is 458 g/mol. The topological polar surface area (TPSA) is 95.9 Å². The van der Waals surface area contributed by atoms with Gasteiger partial charge in [-0.3, -0.25) is 14.9 Å². The van der Waals surface area contributed by atoms with E-state index in [0.29, 0.717) is 16.8 Å². The highest BCUT2D eigenvalue weighted by molar-refractivity contribution is 5.95. The summed E-state index contributed by atoms with van der Waals surface area (Å²) in [7, 11) is 1.56. The van der Waals surface area contributed by atoms with Crippen LogP contribution in [-0.2, 0) is 9.53 Å². The van der Waals surface area contributed by atoms with Gasteiger partial charge in [0, 0.05) is 30.8 Å². The van der Waals surface area contributed by atoms with Crippen molar-refractivity contribution in [2.45, 2.75) is 19.3 Å². The second-order valence-corrected chi connectivity index (χ2v) is 8.35. The Balaban J connectivity index is 1.39. The van der Waals surface area contributed by atoms with E-state index in [1.807, 2.05) is 24.3 Å². The molecule has 2 N–H and O–H groups in total. The predicted octanol–water partition coefficient (Wildman–Crippen LogP) is 4.90. The molecule has 0 saturated carbocycles. The lowest BCUT2D eigenvalue weighted by Gasteiger charge is -2.17. The van der Waals surface area contributed by atoms with Gasteiger partial charge in [-0.1, -0.05) is 48.5 Å². The third-order valence-corrected chi connectivity index (χ3v) is 6.06. The number of hydrogen-bond donors (Lipinski definition) is 2. The van der Waals surface area contributed by atoms with Gasteiger partial charge in [0.15, 0.2) is 0 Å². The van der Waals surface area contributed by atoms with Gasteiger partial charge in [0.25, 0.3) is 5.91 Å². The fraction of sp³-hybridized carbons (Fsp3) is 0.222. The largest absolute Gasteiger partial charge is 0.481 e. The second kappa shape index (κ2) is 9.79. The van der Waals surface area contributed by atoms with E-state index in [9.17, 15) is 14.4 Å². The molecule has 0 radical (unpaired) electrons. The number of rotatable bonds is 7. The molecule has 0 aliphatic heterocycles. The quantitative estimate of drug-likeness (QED) is 0.525. The number of nitrogens with one attached hydrogen (secondary N) is 1. The number of benzene rings is 3. The van der Waals surface area contributed by atoms with Crippen molar-refractivity contribution >= 4 is 23.7 Å². The lowest BCUT2D eigenvalue weighted by Crippen LogP contribution is -2.29. The maximum atomic E-state index is 12.6. The Morgan fingerprint density at radius 2 is 1.59 bits per heavy atom. The van der Waals surface area contributed by atoms with Crippen LogP contribution in [0.25, 0.3) is 11.1 Å². The smallest absolute Gasteiger partial charge is 0.411 e. The molecule has 0 atom stereocenters. The highest BCUT2D eigenvalue weighted by Crippen LogP contribution is 2.44. The SMILES string of the molecule is Cc1cc(C(=O)N(C)CCC(=O)O)ccc1NC(=O)OCC1c2ccccc2-c2ccccc21. The molecule has 0 aromatic heterocycles. The predicted molar refractivity (Wildman–Crippen MR) is 129 cm³/mol. The summed E-state index contributed by atoms with van der Waals surface area (Å²) in [5, 5.41) is 11.6. The standard InChI is InChI=1S/C27H26N2O5/c1-17-15-18(26(32)29(2)14-13-25(30)31)11-12-24(17)28-27(33)34-16-23-21-9-5-3-7-19(21)20-8-4-6-10-22(20)23/h3-12,15,23H,13-14,16H2,1-2H3,(H,28,33)(H,30,31). The number of ether oxygens (including phenoxy) is 1. The summed E-state index contributed by atoms with van der Waals surface area (Å²) in [5.74, 6) is -1.27. The molecule has 34 heavy (non-hydrogen) atoms. The average molecular weight is 459 g/mol. The summed E-state index contributed by atoms with van der Waals surface area (Å²) in [6.07, 6.45) is -0.689. The van der Waals surface area contributed by atoms with E-state index in [1.54, 1.807) is 32.2 Å². The van der Waals surface area contributed by atoms with Gasteiger partial charge in [-0.05, 0) is 52.9 Å². The molecule has 3 aromatic carbocycles. The zero-order chi connectivity index (χ0) is 24.2. The third-order valence-electron chi connectivity index (χ3n) is 6.06. The number of anilines is 1. The van der Waals surface area contributed by atoms with Crippen molar-refractivity contribution in [1.29, 1.82) is 0 Å². The normalized spacial score (nSPS) is 11.9. The molecule has 0 heterocycles. The van der Waals surface area contributed by atoms with Gasteiger partial charge in [0.05, 0.1) is 6.42 Å². The lowest BCUT2D eigenvalue weighted by molar-refractivity contribution is -0.137. The number of nitrogens with zero attached hydrogens (tertiary/aromatic N) is 1. The van der Waals surface area contributed by atoms with Crippen LogP contribution in [0, 0.1) is 6.92 Å². The van der Waals surface area contributed by atoms with Gasteiger partial charge in [-0.15, -0.1) is 0 Å². The van der Waals surface area contributed by atoms with Crippen molar-refractivity contribution in [2.24, 2.45) is 0 Å². The molecule has 1 aliphatic rings. The number of aliphatic carboxylic acids is 1. The molecule has 0 bridgehead atoms. The Morgan fingerprint density at radius 1 is 0.971 bits per heavy atom. The van der Waals surface area contributed by atoms with E-state index in [0.717, 1.165) is 22.3 Å². The van der Waals surface area contributed by atoms with Crippen molar-refractivity contribution in [2.75, 3.05) is 25.5 Å². The number of amides is 2. The molecule has 0 fully saturated rings. The summed E-state index contributed by atoms with van der Waals surface area (Å²) in [6.45, 7) is 2.11. The van der Waals surface area contributed by atoms with Gasteiger partial charge >= 0.3 is 12.1 Å². The van der Waals surface area contributed by atoms with Crippen LogP contribution >= 0.6 is 0 Å². The fourth-order valence-corrected chi connectivity index (χ4v) is 4.27. The summed E-state index contributed by atoms with van der Waals surface area (Å²) in [5.41, 5.74) is 6.27. The summed E-state index contributed by atoms with van der Waals surface area (Å²) in [6, 6.07) is 21.2. The zero-order valence-electron chi connectivity index (χ0n) is 19.1. The summed E-state index contributed by atoms with van der Waals surface area (Å²) >= 11 is 0. The van der Waals surface area contributed by atoms with Crippen molar-refractivity contribution in [3.05, 3.63) is 89.0 Å². The van der Waals surface area contributed by atoms with E-state index >= 15 is 0 Å². The molecule has 0 saturated heterocycles. The number of fused-ring (bicyclic) bond motifs is 3. The second-order valence-electron chi connectivity index (χ2n) is 8.35. The molecular formula is C27H26N2O5. The molecule has 7 heteroatoms. The molecule has 0 spiro atoms. The van der Waals surface area contributed by atoms with Crippen LogP contribution in [0.3, 0.4) is 0 Å². The number of carbonyl (C=O) groups excluding carboxylic acids is 2. The third kappa shape index (κ3) is 4.78. The number of carboxylic acid groups (broad SMARTS) is 1. The minimum absolute atomic E-state index is 0.0272. The van der Waals surface area contributed by atoms with Crippen LogP contribution < -0.4 is 5.32 Å². The van der Waals surface area contributed by atoms with E-state index in [-0.39, 0.29) is 31.4 Å². The Bertz CT molecular complexity index is 1210. The number of carboxylic acids is 1. The molecular weight excluding hydrogens is 432 g/mol. The highest BCUT2D eigenvalue weighted by atomic mass is 16.5. The lowest BCUT2D eigenvalue weighted by atomic mass is 9.98. The molecule has 174 valence electrons. The first kappa shape index (κ1) is 23.0. The Hall–Kier alpha value is -4.13. The first-order valence-electron chi connectivity index (χ1n) is 11.0. The Kier molecular flexibility index (Phi) is 6.63. The molecule has 1 aliphatic carbocycles. The van der Waals surface area contributed by atoms with Crippen molar-refractivity contribution in [3.63, 3.8) is 0 Å². The van der Waals surface area contributed by atoms with Crippen molar-refractivity contribution in [3.8, 4) is 11.1 Å². The maximum absolute atomic E-state index is 12.6. The van der Waals surface area contributed by atoms with Gasteiger partial charge in [0.2, 0.25) is 0 Å². The first-order valence-corrected chi connectivity index (χ1v) is 11.0. The zero-order valence-corrected chi connectivity index (χ0v) is 19.1. The van der Waals surface area contributed by atoms with E-state index in [2.05, 4.69) is 29.6 Å². The van der Waals surface area contributed by atoms with E-state index < -0.39 is 12.1 Å². The first-order chi connectivity index (χ1) is 16.3. The van der Waals surface area contributed by atoms with E-state index in [4.69, 9.17) is 9.84 Å². The number of hydrogen-bond acceptors (Lipinski definition) is 4. The fourth-order valence-electron chi connectivity index (χ4n) is 4.27. The molecule has 4 rings (SSSR count).